The van der Waals surface area contributed by atoms with E-state index in [1.165, 1.54) is 38.5 Å². The van der Waals surface area contributed by atoms with E-state index >= 15 is 0 Å². The summed E-state index contributed by atoms with van der Waals surface area (Å²) in [5, 5.41) is 0. The number of ketones is 1. The number of rotatable bonds is 5. The van der Waals surface area contributed by atoms with Crippen LogP contribution in [0.1, 0.15) is 65.2 Å². The van der Waals surface area contributed by atoms with Gasteiger partial charge in [-0.2, -0.15) is 0 Å². The van der Waals surface area contributed by atoms with Crippen molar-refractivity contribution in [1.29, 1.82) is 0 Å². The van der Waals surface area contributed by atoms with E-state index in [2.05, 4.69) is 53.1 Å². The lowest BCUT2D eigenvalue weighted by atomic mass is 9.42. The minimum absolute atomic E-state index is 0.218. The maximum Gasteiger partial charge on any atom is 0.184 e. The molecule has 3 nitrogen and oxygen atoms in total. The maximum absolute atomic E-state index is 12.6. The van der Waals surface area contributed by atoms with Gasteiger partial charge in [-0.15, -0.1) is 0 Å². The van der Waals surface area contributed by atoms with Gasteiger partial charge >= 0.3 is 0 Å². The molecule has 8 atom stereocenters. The van der Waals surface area contributed by atoms with Crippen LogP contribution in [-0.4, -0.2) is 35.1 Å². The first-order chi connectivity index (χ1) is 14.3. The van der Waals surface area contributed by atoms with Gasteiger partial charge in [-0.05, 0) is 113 Å². The van der Waals surface area contributed by atoms with Gasteiger partial charge in [-0.1, -0.05) is 13.8 Å². The predicted octanol–water partition coefficient (Wildman–Crippen LogP) is 6.90. The Bertz CT molecular complexity index is 696. The molecule has 0 saturated heterocycles. The van der Waals surface area contributed by atoms with Crippen molar-refractivity contribution in [2.75, 3.05) is 6.61 Å². The van der Waals surface area contributed by atoms with Crippen LogP contribution in [0.4, 0.5) is 0 Å². The summed E-state index contributed by atoms with van der Waals surface area (Å²) in [6.07, 6.45) is 9.82. The molecule has 4 rings (SSSR count). The van der Waals surface area contributed by atoms with Crippen molar-refractivity contribution in [3.05, 3.63) is 0 Å². The van der Waals surface area contributed by atoms with E-state index < -0.39 is 16.6 Å². The minimum Gasteiger partial charge on any atom is -0.417 e. The lowest BCUT2D eigenvalue weighted by molar-refractivity contribution is -0.170. The fourth-order valence-corrected chi connectivity index (χ4v) is 10.5. The van der Waals surface area contributed by atoms with E-state index in [9.17, 15) is 4.79 Å². The van der Waals surface area contributed by atoms with Gasteiger partial charge in [-0.3, -0.25) is 4.79 Å². The highest BCUT2D eigenvalue weighted by Gasteiger charge is 2.63. The molecule has 4 aliphatic carbocycles. The van der Waals surface area contributed by atoms with E-state index in [4.69, 9.17) is 8.85 Å². The Morgan fingerprint density at radius 3 is 2.26 bits per heavy atom. The van der Waals surface area contributed by atoms with E-state index in [0.717, 1.165) is 37.2 Å². The standard InChI is InChI=1S/C26H48O3Si2/c1-18-15-20(27)16-19-9-10-21-22-11-12-24(29-31(6,7)8)25(22,2)14-13-23(21)26(18,19)17-28-30(3,4)5/h18-19,21-24H,9-17H2,1-8H3/t18-,19-,21-,22-,23-,24-,25-,26-/m0/s1. The zero-order valence-corrected chi connectivity index (χ0v) is 23.6. The van der Waals surface area contributed by atoms with Gasteiger partial charge in [0.25, 0.3) is 0 Å². The molecular weight excluding hydrogens is 416 g/mol. The molecular formula is C26H48O3Si2. The van der Waals surface area contributed by atoms with Gasteiger partial charge in [0.15, 0.2) is 16.6 Å². The lowest BCUT2D eigenvalue weighted by Crippen LogP contribution is -2.60. The van der Waals surface area contributed by atoms with Crippen LogP contribution in [-0.2, 0) is 13.6 Å². The number of carbonyl (C=O) groups is 1. The van der Waals surface area contributed by atoms with Crippen LogP contribution in [0.5, 0.6) is 0 Å². The van der Waals surface area contributed by atoms with Gasteiger partial charge < -0.3 is 8.85 Å². The molecule has 0 heterocycles. The second-order valence-electron chi connectivity index (χ2n) is 13.9. The van der Waals surface area contributed by atoms with Crippen LogP contribution < -0.4 is 0 Å². The molecule has 4 saturated carbocycles. The molecule has 0 aliphatic heterocycles. The largest absolute Gasteiger partial charge is 0.417 e. The molecule has 0 N–H and O–H groups in total. The van der Waals surface area contributed by atoms with Gasteiger partial charge in [0.1, 0.15) is 5.78 Å². The zero-order chi connectivity index (χ0) is 22.8. The first kappa shape index (κ1) is 24.2. The first-order valence-corrected chi connectivity index (χ1v) is 19.9. The van der Waals surface area contributed by atoms with Gasteiger partial charge in [0, 0.05) is 24.9 Å². The Labute approximate surface area is 193 Å². The Balaban J connectivity index is 1.64. The number of carbonyl (C=O) groups excluding carboxylic acids is 1. The summed E-state index contributed by atoms with van der Waals surface area (Å²) in [6.45, 7) is 19.9. The fraction of sp³-hybridized carbons (Fsp3) is 0.962. The number of Topliss-reactive ketones (excluding diaryl/α,β-unsaturated/α-hetero) is 1. The Hall–Kier alpha value is 0.0238. The average Bonchev–Trinajstić information content (AvgIpc) is 2.94. The van der Waals surface area contributed by atoms with Crippen LogP contribution in [0.25, 0.3) is 0 Å². The second-order valence-corrected chi connectivity index (χ2v) is 22.8. The zero-order valence-electron chi connectivity index (χ0n) is 21.6. The Morgan fingerprint density at radius 1 is 0.903 bits per heavy atom. The fourth-order valence-electron chi connectivity index (χ4n) is 8.55. The van der Waals surface area contributed by atoms with Crippen molar-refractivity contribution in [2.45, 2.75) is 111 Å². The molecule has 0 aromatic carbocycles. The second kappa shape index (κ2) is 8.06. The molecule has 178 valence electrons. The van der Waals surface area contributed by atoms with Gasteiger partial charge in [0.2, 0.25) is 0 Å². The summed E-state index contributed by atoms with van der Waals surface area (Å²) < 4.78 is 13.5. The summed E-state index contributed by atoms with van der Waals surface area (Å²) in [7, 11) is -3.14. The topological polar surface area (TPSA) is 35.5 Å². The Morgan fingerprint density at radius 2 is 1.61 bits per heavy atom. The van der Waals surface area contributed by atoms with Crippen LogP contribution in [0.2, 0.25) is 39.3 Å². The molecule has 4 aliphatic rings. The van der Waals surface area contributed by atoms with E-state index in [-0.39, 0.29) is 5.41 Å². The molecule has 0 spiro atoms. The summed E-state index contributed by atoms with van der Waals surface area (Å²) in [5.74, 6) is 3.83. The molecule has 31 heavy (non-hydrogen) atoms. The lowest BCUT2D eigenvalue weighted by Gasteiger charge is -2.63. The molecule has 4 fully saturated rings. The highest BCUT2D eigenvalue weighted by molar-refractivity contribution is 6.70. The highest BCUT2D eigenvalue weighted by Crippen LogP contribution is 2.67. The monoisotopic (exact) mass is 464 g/mol. The average molecular weight is 465 g/mol. The quantitative estimate of drug-likeness (QED) is 0.415. The molecule has 0 unspecified atom stereocenters. The van der Waals surface area contributed by atoms with Crippen molar-refractivity contribution >= 4 is 22.4 Å². The molecule has 0 aromatic heterocycles. The number of fused-ring (bicyclic) bond motifs is 5. The van der Waals surface area contributed by atoms with Crippen LogP contribution in [0, 0.1) is 40.4 Å². The van der Waals surface area contributed by atoms with Gasteiger partial charge in [0.05, 0.1) is 6.10 Å². The summed E-state index contributed by atoms with van der Waals surface area (Å²) in [5.41, 5.74) is 0.568. The third-order valence-electron chi connectivity index (χ3n) is 9.83. The summed E-state index contributed by atoms with van der Waals surface area (Å²) in [6, 6.07) is 0. The smallest absolute Gasteiger partial charge is 0.184 e. The predicted molar refractivity (Wildman–Crippen MR) is 133 cm³/mol. The summed E-state index contributed by atoms with van der Waals surface area (Å²) >= 11 is 0. The maximum atomic E-state index is 12.6. The molecule has 0 radical (unpaired) electrons. The third-order valence-corrected chi connectivity index (χ3v) is 11.8. The van der Waals surface area contributed by atoms with Crippen molar-refractivity contribution in [3.63, 3.8) is 0 Å². The van der Waals surface area contributed by atoms with Crippen LogP contribution >= 0.6 is 0 Å². The number of hydrogen-bond donors (Lipinski definition) is 0. The van der Waals surface area contributed by atoms with Crippen molar-refractivity contribution in [3.8, 4) is 0 Å². The highest BCUT2D eigenvalue weighted by atomic mass is 28.4. The van der Waals surface area contributed by atoms with Crippen molar-refractivity contribution in [1.82, 2.24) is 0 Å². The number of hydrogen-bond acceptors (Lipinski definition) is 3. The first-order valence-electron chi connectivity index (χ1n) is 13.1. The van der Waals surface area contributed by atoms with Crippen LogP contribution in [0.3, 0.4) is 0 Å². The molecule has 0 amide bonds. The van der Waals surface area contributed by atoms with E-state index in [0.29, 0.717) is 29.1 Å². The van der Waals surface area contributed by atoms with Crippen molar-refractivity contribution < 1.29 is 13.6 Å². The molecule has 0 aromatic rings. The SMILES string of the molecule is C[C@H]1CC(=O)C[C@@H]2CC[C@H]3[C@@H]4CC[C@H](O[Si](C)(C)C)[C@@]4(C)CC[C@@H]3[C@]21CO[Si](C)(C)C. The molecule has 0 bridgehead atoms. The minimum atomic E-state index is -1.61. The summed E-state index contributed by atoms with van der Waals surface area (Å²) in [4.78, 5) is 12.6. The van der Waals surface area contributed by atoms with E-state index in [1.807, 2.05) is 0 Å². The van der Waals surface area contributed by atoms with E-state index in [1.54, 1.807) is 0 Å². The Kier molecular flexibility index (Phi) is 6.28. The van der Waals surface area contributed by atoms with Gasteiger partial charge in [-0.25, -0.2) is 0 Å². The normalized spacial score (nSPS) is 45.7. The van der Waals surface area contributed by atoms with Crippen LogP contribution in [0.15, 0.2) is 0 Å². The third kappa shape index (κ3) is 4.30. The molecule has 5 heteroatoms. The van der Waals surface area contributed by atoms with Crippen molar-refractivity contribution in [2.24, 2.45) is 40.4 Å².